The molecule has 0 bridgehead atoms. The van der Waals surface area contributed by atoms with Crippen LogP contribution in [0.1, 0.15) is 102 Å². The molecule has 2 aliphatic carbocycles. The van der Waals surface area contributed by atoms with E-state index in [1.807, 2.05) is 0 Å². The summed E-state index contributed by atoms with van der Waals surface area (Å²) >= 11 is 0. The lowest BCUT2D eigenvalue weighted by Crippen LogP contribution is -2.29. The fourth-order valence-electron chi connectivity index (χ4n) is 5.37. The number of nitrogen functional groups attached to an aromatic ring is 1. The van der Waals surface area contributed by atoms with E-state index in [1.54, 1.807) is 36.0 Å². The number of hydrazine groups is 1. The number of carbonyl (C=O) groups is 4. The zero-order valence-corrected chi connectivity index (χ0v) is 27.2. The van der Waals surface area contributed by atoms with Gasteiger partial charge in [-0.2, -0.15) is 10.2 Å². The molecule has 0 aliphatic heterocycles. The van der Waals surface area contributed by atoms with Crippen molar-refractivity contribution in [1.82, 2.24) is 24.7 Å². The third-order valence-corrected chi connectivity index (χ3v) is 9.60. The van der Waals surface area contributed by atoms with Crippen molar-refractivity contribution in [3.8, 4) is 0 Å². The van der Waals surface area contributed by atoms with Crippen LogP contribution in [-0.4, -0.2) is 61.6 Å². The van der Waals surface area contributed by atoms with Crippen molar-refractivity contribution < 1.29 is 23.9 Å². The van der Waals surface area contributed by atoms with Gasteiger partial charge in [0.1, 0.15) is 0 Å². The minimum absolute atomic E-state index is 0.161. The fraction of sp³-hybridized carbons (Fsp3) is 0.438. The molecule has 2 saturated carbocycles. The van der Waals surface area contributed by atoms with Crippen LogP contribution >= 0.6 is 0 Å². The number of nitrogens with one attached hydrogen (secondary N) is 3. The number of amides is 3. The van der Waals surface area contributed by atoms with Gasteiger partial charge in [-0.25, -0.2) is 19.7 Å². The molecule has 4 heterocycles. The lowest BCUT2D eigenvalue weighted by atomic mass is 10.00. The second-order valence-electron chi connectivity index (χ2n) is 12.9. The van der Waals surface area contributed by atoms with E-state index < -0.39 is 23.7 Å². The molecule has 0 aromatic carbocycles. The van der Waals surface area contributed by atoms with Gasteiger partial charge in [-0.3, -0.25) is 19.8 Å². The number of fused-ring (bicyclic) bond motifs is 2. The molecule has 0 radical (unpaired) electrons. The van der Waals surface area contributed by atoms with Gasteiger partial charge in [0, 0.05) is 24.5 Å². The molecule has 4 aromatic heterocycles. The molecule has 250 valence electrons. The third kappa shape index (κ3) is 6.70. The number of ether oxygens (including phenoxy) is 1. The van der Waals surface area contributed by atoms with E-state index in [0.29, 0.717) is 51.3 Å². The molecule has 15 heteroatoms. The number of rotatable bonds is 11. The van der Waals surface area contributed by atoms with Crippen molar-refractivity contribution >= 4 is 46.1 Å². The summed E-state index contributed by atoms with van der Waals surface area (Å²) in [5, 5.41) is 15.1. The van der Waals surface area contributed by atoms with E-state index in [-0.39, 0.29) is 22.9 Å². The average molecular weight is 647 g/mol. The quantitative estimate of drug-likeness (QED) is 0.0604. The van der Waals surface area contributed by atoms with Crippen LogP contribution < -0.4 is 33.4 Å². The molecule has 0 spiro atoms. The second-order valence-corrected chi connectivity index (χ2v) is 12.9. The first-order valence-corrected chi connectivity index (χ1v) is 15.5. The second kappa shape index (κ2) is 12.5. The topological polar surface area (TPSA) is 226 Å². The number of anilines is 2. The number of hydrogen-bond acceptors (Lipinski definition) is 10. The van der Waals surface area contributed by atoms with Crippen LogP contribution in [-0.2, 0) is 4.74 Å². The molecule has 2 fully saturated rings. The first-order valence-electron chi connectivity index (χ1n) is 15.5. The number of nitrogens with zero attached hydrogens (tertiary/aromatic N) is 4. The van der Waals surface area contributed by atoms with Crippen molar-refractivity contribution in [2.24, 2.45) is 28.1 Å². The first kappa shape index (κ1) is 33.2. The summed E-state index contributed by atoms with van der Waals surface area (Å²) in [7, 11) is 0. The minimum atomic E-state index is -0.568. The van der Waals surface area contributed by atoms with Crippen LogP contribution in [0.4, 0.5) is 11.4 Å². The Hall–Kier alpha value is -5.18. The maximum Gasteiger partial charge on any atom is 0.339 e. The van der Waals surface area contributed by atoms with E-state index in [4.69, 9.17) is 22.0 Å². The average Bonchev–Trinajstić information content (AvgIpc) is 3.85. The maximum atomic E-state index is 12.0. The first-order chi connectivity index (χ1) is 22.2. The van der Waals surface area contributed by atoms with Crippen molar-refractivity contribution in [3.05, 3.63) is 59.2 Å². The number of hydrogen-bond donors (Lipinski definition) is 6. The van der Waals surface area contributed by atoms with Crippen LogP contribution in [0.5, 0.6) is 0 Å². The number of carbonyl (C=O) groups excluding carboxylic acids is 4. The lowest BCUT2D eigenvalue weighted by Gasteiger charge is -2.23. The van der Waals surface area contributed by atoms with Gasteiger partial charge in [-0.05, 0) is 69.4 Å². The van der Waals surface area contributed by atoms with Crippen molar-refractivity contribution in [1.29, 1.82) is 0 Å². The van der Waals surface area contributed by atoms with Crippen LogP contribution in [0, 0.1) is 10.8 Å². The summed E-state index contributed by atoms with van der Waals surface area (Å²) in [5.74, 6) is 3.20. The number of nitrogens with two attached hydrogens (primary N) is 3. The Balaban J connectivity index is 0.000000185. The van der Waals surface area contributed by atoms with E-state index in [9.17, 15) is 19.2 Å². The van der Waals surface area contributed by atoms with Gasteiger partial charge < -0.3 is 26.8 Å². The SMILES string of the molecule is CCOC(=O)c1cc2c(N[C@H](C)C3(C)CC3)c(C(N)=O)cnn2c1.C[C@@H](Nc1c(C(N)=O)cnn2cc(C(=O)NN)cc12)C1(C)CC1. The monoisotopic (exact) mass is 646 g/mol. The molecule has 6 rings (SSSR count). The van der Waals surface area contributed by atoms with Gasteiger partial charge in [0.2, 0.25) is 0 Å². The molecule has 3 amide bonds. The highest BCUT2D eigenvalue weighted by Gasteiger charge is 2.44. The van der Waals surface area contributed by atoms with Gasteiger partial charge in [-0.15, -0.1) is 0 Å². The zero-order chi connectivity index (χ0) is 34.3. The van der Waals surface area contributed by atoms with Crippen molar-refractivity contribution in [2.75, 3.05) is 17.2 Å². The van der Waals surface area contributed by atoms with Gasteiger partial charge in [0.25, 0.3) is 17.7 Å². The lowest BCUT2D eigenvalue weighted by molar-refractivity contribution is 0.0526. The molecular formula is C32H42N10O5. The van der Waals surface area contributed by atoms with E-state index >= 15 is 0 Å². The highest BCUT2D eigenvalue weighted by molar-refractivity contribution is 6.04. The van der Waals surface area contributed by atoms with Crippen LogP contribution in [0.2, 0.25) is 0 Å². The van der Waals surface area contributed by atoms with E-state index in [1.165, 1.54) is 16.9 Å². The van der Waals surface area contributed by atoms with Crippen LogP contribution in [0.15, 0.2) is 36.9 Å². The Kier molecular flexibility index (Phi) is 8.86. The summed E-state index contributed by atoms with van der Waals surface area (Å²) in [5.41, 5.74) is 17.3. The highest BCUT2D eigenvalue weighted by Crippen LogP contribution is 2.50. The standard InChI is InChI=1S/C17H22N4O3.C15H20N6O2/c1-4-24-16(23)11-7-13-14(20-10(2)17(3)5-6-17)12(15(18)22)8-19-21(13)9-11;1-8(15(2)3-4-15)19-12-10(13(16)22)6-18-21-7-9(5-11(12)21)14(23)20-17/h7-10,20H,4-6H2,1-3H3,(H2,18,22);5-8,19H,3-4,17H2,1-2H3,(H2,16,22)(H,20,23)/t10-;8-/m11/s1. The predicted molar refractivity (Wildman–Crippen MR) is 176 cm³/mol. The van der Waals surface area contributed by atoms with Gasteiger partial charge in [0.15, 0.2) is 0 Å². The van der Waals surface area contributed by atoms with Crippen molar-refractivity contribution in [2.45, 2.75) is 72.4 Å². The Morgan fingerprint density at radius 3 is 1.64 bits per heavy atom. The number of primary amides is 2. The number of aromatic nitrogens is 4. The molecule has 47 heavy (non-hydrogen) atoms. The number of esters is 1. The largest absolute Gasteiger partial charge is 0.462 e. The van der Waals surface area contributed by atoms with E-state index in [2.05, 4.69) is 54.0 Å². The summed E-state index contributed by atoms with van der Waals surface area (Å²) in [6, 6.07) is 3.63. The van der Waals surface area contributed by atoms with Gasteiger partial charge in [-0.1, -0.05) is 13.8 Å². The smallest absolute Gasteiger partial charge is 0.339 e. The summed E-state index contributed by atoms with van der Waals surface area (Å²) < 4.78 is 8.12. The Morgan fingerprint density at radius 2 is 1.26 bits per heavy atom. The van der Waals surface area contributed by atoms with Crippen molar-refractivity contribution in [3.63, 3.8) is 0 Å². The highest BCUT2D eigenvalue weighted by atomic mass is 16.5. The zero-order valence-electron chi connectivity index (χ0n) is 27.2. The molecular weight excluding hydrogens is 604 g/mol. The van der Waals surface area contributed by atoms with Crippen LogP contribution in [0.3, 0.4) is 0 Å². The summed E-state index contributed by atoms with van der Waals surface area (Å²) in [6.45, 7) is 10.6. The molecule has 4 aromatic rings. The summed E-state index contributed by atoms with van der Waals surface area (Å²) in [6.07, 6.45) is 10.5. The predicted octanol–water partition coefficient (Wildman–Crippen LogP) is 2.85. The maximum absolute atomic E-state index is 12.0. The van der Waals surface area contributed by atoms with E-state index in [0.717, 1.165) is 25.7 Å². The van der Waals surface area contributed by atoms with Gasteiger partial charge in [0.05, 0.1) is 63.7 Å². The molecule has 2 aliphatic rings. The molecule has 2 atom stereocenters. The summed E-state index contributed by atoms with van der Waals surface area (Å²) in [4.78, 5) is 47.2. The molecule has 15 nitrogen and oxygen atoms in total. The van der Waals surface area contributed by atoms with Crippen LogP contribution in [0.25, 0.3) is 11.0 Å². The van der Waals surface area contributed by atoms with Gasteiger partial charge >= 0.3 is 5.97 Å². The third-order valence-electron chi connectivity index (χ3n) is 9.60. The molecule has 9 N–H and O–H groups in total. The fourth-order valence-corrected chi connectivity index (χ4v) is 5.37. The Labute approximate surface area is 271 Å². The Morgan fingerprint density at radius 1 is 0.830 bits per heavy atom. The minimum Gasteiger partial charge on any atom is -0.462 e. The molecule has 0 unspecified atom stereocenters. The normalized spacial score (nSPS) is 16.7. The molecule has 0 saturated heterocycles. The Bertz CT molecular complexity index is 1870.